The molecule has 0 saturated carbocycles. The molecule has 1 saturated heterocycles. The summed E-state index contributed by atoms with van der Waals surface area (Å²) in [5, 5.41) is 4.94. The van der Waals surface area contributed by atoms with Gasteiger partial charge in [-0.1, -0.05) is 45.0 Å². The predicted molar refractivity (Wildman–Crippen MR) is 90.5 cm³/mol. The number of rotatable bonds is 6. The second kappa shape index (κ2) is 8.06. The summed E-state index contributed by atoms with van der Waals surface area (Å²) >= 11 is 2.12. The molecule has 2 unspecified atom stereocenters. The summed E-state index contributed by atoms with van der Waals surface area (Å²) in [6.07, 6.45) is 1.14. The first-order chi connectivity index (χ1) is 9.69. The van der Waals surface area contributed by atoms with E-state index in [4.69, 9.17) is 0 Å². The lowest BCUT2D eigenvalue weighted by Gasteiger charge is -2.35. The molecule has 20 heavy (non-hydrogen) atoms. The van der Waals surface area contributed by atoms with E-state index in [0.29, 0.717) is 0 Å². The van der Waals surface area contributed by atoms with E-state index in [1.807, 2.05) is 0 Å². The fourth-order valence-corrected chi connectivity index (χ4v) is 4.40. The Kier molecular flexibility index (Phi) is 6.40. The van der Waals surface area contributed by atoms with E-state index in [2.05, 4.69) is 67.0 Å². The minimum atomic E-state index is 0.757. The van der Waals surface area contributed by atoms with Gasteiger partial charge in [0.25, 0.3) is 0 Å². The van der Waals surface area contributed by atoms with Crippen molar-refractivity contribution in [3.05, 3.63) is 35.4 Å². The van der Waals surface area contributed by atoms with Crippen LogP contribution >= 0.6 is 11.8 Å². The molecule has 1 aliphatic rings. The first kappa shape index (κ1) is 15.9. The standard InChI is InChI=1S/C17H28N2S/c1-4-18-10-9-16-7-5-6-8-17(16)13-19-11-14(2)20-15(3)12-19/h5-8,14-15,18H,4,9-13H2,1-3H3. The van der Waals surface area contributed by atoms with Gasteiger partial charge in [0.1, 0.15) is 0 Å². The molecule has 1 N–H and O–H groups in total. The third-order valence-electron chi connectivity index (χ3n) is 3.83. The molecule has 0 aliphatic carbocycles. The van der Waals surface area contributed by atoms with Crippen molar-refractivity contribution in [2.45, 2.75) is 44.2 Å². The largest absolute Gasteiger partial charge is 0.317 e. The fourth-order valence-electron chi connectivity index (χ4n) is 3.01. The van der Waals surface area contributed by atoms with E-state index in [9.17, 15) is 0 Å². The van der Waals surface area contributed by atoms with Gasteiger partial charge in [0.15, 0.2) is 0 Å². The SMILES string of the molecule is CCNCCc1ccccc1CN1CC(C)SC(C)C1. The average molecular weight is 292 g/mol. The topological polar surface area (TPSA) is 15.3 Å². The molecule has 0 spiro atoms. The van der Waals surface area contributed by atoms with E-state index in [0.717, 1.165) is 36.6 Å². The van der Waals surface area contributed by atoms with E-state index in [1.54, 1.807) is 0 Å². The Morgan fingerprint density at radius 2 is 1.80 bits per heavy atom. The highest BCUT2D eigenvalue weighted by Crippen LogP contribution is 2.26. The zero-order chi connectivity index (χ0) is 14.4. The molecule has 2 rings (SSSR count). The molecule has 2 atom stereocenters. The highest BCUT2D eigenvalue weighted by Gasteiger charge is 2.22. The van der Waals surface area contributed by atoms with Gasteiger partial charge in [0.2, 0.25) is 0 Å². The van der Waals surface area contributed by atoms with Crippen LogP contribution in [0, 0.1) is 0 Å². The zero-order valence-corrected chi connectivity index (χ0v) is 13.9. The first-order valence-corrected chi connectivity index (χ1v) is 8.78. The second-order valence-electron chi connectivity index (χ2n) is 5.82. The number of hydrogen-bond donors (Lipinski definition) is 1. The Morgan fingerprint density at radius 1 is 1.15 bits per heavy atom. The maximum absolute atomic E-state index is 3.42. The van der Waals surface area contributed by atoms with Crippen molar-refractivity contribution in [2.24, 2.45) is 0 Å². The van der Waals surface area contributed by atoms with Crippen molar-refractivity contribution < 1.29 is 0 Å². The molecule has 1 aromatic rings. The van der Waals surface area contributed by atoms with Crippen LogP contribution in [-0.2, 0) is 13.0 Å². The minimum Gasteiger partial charge on any atom is -0.317 e. The molecule has 1 fully saturated rings. The molecular weight excluding hydrogens is 264 g/mol. The number of nitrogens with one attached hydrogen (secondary N) is 1. The Balaban J connectivity index is 1.97. The van der Waals surface area contributed by atoms with Gasteiger partial charge >= 0.3 is 0 Å². The van der Waals surface area contributed by atoms with Gasteiger partial charge in [-0.05, 0) is 30.6 Å². The third-order valence-corrected chi connectivity index (χ3v) is 5.06. The smallest absolute Gasteiger partial charge is 0.0237 e. The summed E-state index contributed by atoms with van der Waals surface area (Å²) in [6.45, 7) is 12.6. The maximum atomic E-state index is 3.42. The van der Waals surface area contributed by atoms with Crippen LogP contribution in [0.2, 0.25) is 0 Å². The molecule has 2 nitrogen and oxygen atoms in total. The highest BCUT2D eigenvalue weighted by atomic mass is 32.2. The third kappa shape index (κ3) is 4.80. The van der Waals surface area contributed by atoms with Gasteiger partial charge < -0.3 is 5.32 Å². The van der Waals surface area contributed by atoms with Crippen molar-refractivity contribution in [2.75, 3.05) is 26.2 Å². The molecular formula is C17H28N2S. The van der Waals surface area contributed by atoms with Gasteiger partial charge in [-0.2, -0.15) is 11.8 Å². The fraction of sp³-hybridized carbons (Fsp3) is 0.647. The maximum Gasteiger partial charge on any atom is 0.0237 e. The lowest BCUT2D eigenvalue weighted by atomic mass is 10.0. The van der Waals surface area contributed by atoms with Crippen LogP contribution in [0.15, 0.2) is 24.3 Å². The summed E-state index contributed by atoms with van der Waals surface area (Å²) in [5.41, 5.74) is 3.02. The Morgan fingerprint density at radius 3 is 2.45 bits per heavy atom. The summed E-state index contributed by atoms with van der Waals surface area (Å²) < 4.78 is 0. The normalized spacial score (nSPS) is 23.9. The molecule has 1 heterocycles. The van der Waals surface area contributed by atoms with Gasteiger partial charge in [-0.3, -0.25) is 4.90 Å². The molecule has 112 valence electrons. The van der Waals surface area contributed by atoms with Crippen LogP contribution in [0.25, 0.3) is 0 Å². The Hall–Kier alpha value is -0.510. The number of thioether (sulfide) groups is 1. The van der Waals surface area contributed by atoms with Crippen molar-refractivity contribution in [3.63, 3.8) is 0 Å². The minimum absolute atomic E-state index is 0.757. The van der Waals surface area contributed by atoms with Gasteiger partial charge in [-0.25, -0.2) is 0 Å². The van der Waals surface area contributed by atoms with Crippen molar-refractivity contribution >= 4 is 11.8 Å². The molecule has 1 aliphatic heterocycles. The number of likely N-dealkylation sites (N-methyl/N-ethyl adjacent to an activating group) is 1. The van der Waals surface area contributed by atoms with Crippen LogP contribution in [0.3, 0.4) is 0 Å². The van der Waals surface area contributed by atoms with Crippen molar-refractivity contribution in [1.29, 1.82) is 0 Å². The zero-order valence-electron chi connectivity index (χ0n) is 13.1. The van der Waals surface area contributed by atoms with Gasteiger partial charge in [0.05, 0.1) is 0 Å². The summed E-state index contributed by atoms with van der Waals surface area (Å²) in [5.74, 6) is 0. The summed E-state index contributed by atoms with van der Waals surface area (Å²) in [7, 11) is 0. The monoisotopic (exact) mass is 292 g/mol. The molecule has 0 radical (unpaired) electrons. The van der Waals surface area contributed by atoms with E-state index in [-0.39, 0.29) is 0 Å². The van der Waals surface area contributed by atoms with Gasteiger partial charge in [0, 0.05) is 30.1 Å². The Bertz CT molecular complexity index is 398. The predicted octanol–water partition coefficient (Wildman–Crippen LogP) is 3.16. The van der Waals surface area contributed by atoms with Crippen LogP contribution in [0.1, 0.15) is 31.9 Å². The molecule has 0 aromatic heterocycles. The lowest BCUT2D eigenvalue weighted by Crippen LogP contribution is -2.39. The number of hydrogen-bond acceptors (Lipinski definition) is 3. The van der Waals surface area contributed by atoms with E-state index in [1.165, 1.54) is 24.2 Å². The van der Waals surface area contributed by atoms with E-state index < -0.39 is 0 Å². The van der Waals surface area contributed by atoms with Crippen LogP contribution in [0.5, 0.6) is 0 Å². The van der Waals surface area contributed by atoms with Crippen LogP contribution < -0.4 is 5.32 Å². The first-order valence-electron chi connectivity index (χ1n) is 7.84. The van der Waals surface area contributed by atoms with Gasteiger partial charge in [-0.15, -0.1) is 0 Å². The molecule has 3 heteroatoms. The summed E-state index contributed by atoms with van der Waals surface area (Å²) in [6, 6.07) is 8.94. The molecule has 0 bridgehead atoms. The molecule has 1 aromatic carbocycles. The average Bonchev–Trinajstić information content (AvgIpc) is 2.40. The summed E-state index contributed by atoms with van der Waals surface area (Å²) in [4.78, 5) is 2.62. The molecule has 0 amide bonds. The lowest BCUT2D eigenvalue weighted by molar-refractivity contribution is 0.262. The quantitative estimate of drug-likeness (QED) is 0.811. The van der Waals surface area contributed by atoms with Crippen LogP contribution in [0.4, 0.5) is 0 Å². The van der Waals surface area contributed by atoms with Crippen LogP contribution in [-0.4, -0.2) is 41.6 Å². The number of nitrogens with zero attached hydrogens (tertiary/aromatic N) is 1. The second-order valence-corrected chi connectivity index (χ2v) is 7.71. The van der Waals surface area contributed by atoms with Crippen molar-refractivity contribution in [1.82, 2.24) is 10.2 Å². The van der Waals surface area contributed by atoms with E-state index >= 15 is 0 Å². The Labute approximate surface area is 128 Å². The number of benzene rings is 1. The highest BCUT2D eigenvalue weighted by molar-refractivity contribution is 8.00. The van der Waals surface area contributed by atoms with Crippen molar-refractivity contribution in [3.8, 4) is 0 Å².